The highest BCUT2D eigenvalue weighted by Gasteiger charge is 2.37. The molecule has 0 amide bonds. The van der Waals surface area contributed by atoms with Crippen molar-refractivity contribution < 1.29 is 29.0 Å². The van der Waals surface area contributed by atoms with Crippen LogP contribution in [0.1, 0.15) is 30.9 Å². The number of hydrogen-bond donors (Lipinski definition) is 1. The number of nitrogens with zero attached hydrogens (tertiary/aromatic N) is 1. The fourth-order valence-corrected chi connectivity index (χ4v) is 3.15. The largest absolute Gasteiger partial charge is 0.466 e. The van der Waals surface area contributed by atoms with Crippen LogP contribution in [0.25, 0.3) is 0 Å². The Bertz CT molecular complexity index is 858. The summed E-state index contributed by atoms with van der Waals surface area (Å²) in [6.07, 6.45) is 0. The molecule has 0 spiro atoms. The maximum atomic E-state index is 12.8. The van der Waals surface area contributed by atoms with Crippen LogP contribution in [0.15, 0.2) is 46.8 Å². The molecule has 1 unspecified atom stereocenters. The molecule has 0 aliphatic carbocycles. The lowest BCUT2D eigenvalue weighted by molar-refractivity contribution is -0.757. The molecule has 1 aromatic rings. The monoisotopic (exact) mass is 390 g/mol. The van der Waals surface area contributed by atoms with E-state index in [0.29, 0.717) is 17.0 Å². The molecular formula is C19H22N2O7. The molecule has 0 fully saturated rings. The van der Waals surface area contributed by atoms with Crippen LogP contribution in [-0.4, -0.2) is 37.3 Å². The second-order valence-corrected chi connectivity index (χ2v) is 6.23. The zero-order chi connectivity index (χ0) is 20.8. The standard InChI is InChI=1S/C19H22N2O7/c1-11-6-5-7-14(10-11)17-15(18(22)26-4)12(2)20-13(3)16(17)19(23)27-8-9-28-21(24)25/h5-7,10,17,20H,8-9H2,1-4H3. The molecular weight excluding hydrogens is 368 g/mol. The third kappa shape index (κ3) is 4.67. The lowest BCUT2D eigenvalue weighted by atomic mass is 9.80. The summed E-state index contributed by atoms with van der Waals surface area (Å²) >= 11 is 0. The van der Waals surface area contributed by atoms with E-state index >= 15 is 0 Å². The molecule has 1 aromatic carbocycles. The third-order valence-electron chi connectivity index (χ3n) is 4.27. The van der Waals surface area contributed by atoms with Gasteiger partial charge in [-0.1, -0.05) is 29.8 Å². The molecule has 1 atom stereocenters. The quantitative estimate of drug-likeness (QED) is 0.326. The topological polar surface area (TPSA) is 117 Å². The number of dihydropyridines is 1. The van der Waals surface area contributed by atoms with Crippen LogP contribution in [-0.2, 0) is 23.9 Å². The molecule has 1 aliphatic rings. The van der Waals surface area contributed by atoms with Crippen molar-refractivity contribution in [3.63, 3.8) is 0 Å². The van der Waals surface area contributed by atoms with Crippen LogP contribution < -0.4 is 5.32 Å². The zero-order valence-corrected chi connectivity index (χ0v) is 16.1. The number of nitrogens with one attached hydrogen (secondary N) is 1. The number of rotatable bonds is 7. The minimum atomic E-state index is -0.961. The average molecular weight is 390 g/mol. The zero-order valence-electron chi connectivity index (χ0n) is 16.1. The Labute approximate surface area is 162 Å². The predicted octanol–water partition coefficient (Wildman–Crippen LogP) is 2.15. The number of carbonyl (C=O) groups excluding carboxylic acids is 2. The molecule has 0 bridgehead atoms. The van der Waals surface area contributed by atoms with E-state index in [1.807, 2.05) is 31.2 Å². The van der Waals surface area contributed by atoms with Crippen LogP contribution in [0.5, 0.6) is 0 Å². The molecule has 9 heteroatoms. The SMILES string of the molecule is COC(=O)C1=C(C)NC(C)=C(C(=O)OCCO[N+](=O)[O-])C1c1cccc(C)c1. The highest BCUT2D eigenvalue weighted by atomic mass is 17.0. The fraction of sp³-hybridized carbons (Fsp3) is 0.368. The number of hydrogen-bond acceptors (Lipinski definition) is 8. The van der Waals surface area contributed by atoms with E-state index in [1.165, 1.54) is 7.11 Å². The number of benzene rings is 1. The van der Waals surface area contributed by atoms with Gasteiger partial charge in [0.2, 0.25) is 0 Å². The van der Waals surface area contributed by atoms with Gasteiger partial charge in [-0.2, -0.15) is 0 Å². The van der Waals surface area contributed by atoms with Gasteiger partial charge in [-0.05, 0) is 26.3 Å². The van der Waals surface area contributed by atoms with Crippen molar-refractivity contribution in [2.24, 2.45) is 0 Å². The summed E-state index contributed by atoms with van der Waals surface area (Å²) in [5, 5.41) is 12.3. The molecule has 1 N–H and O–H groups in total. The van der Waals surface area contributed by atoms with E-state index in [4.69, 9.17) is 9.47 Å². The second kappa shape index (κ2) is 9.03. The molecule has 0 aromatic heterocycles. The van der Waals surface area contributed by atoms with Crippen molar-refractivity contribution in [2.75, 3.05) is 20.3 Å². The molecule has 9 nitrogen and oxygen atoms in total. The Morgan fingerprint density at radius 2 is 1.75 bits per heavy atom. The summed E-state index contributed by atoms with van der Waals surface area (Å²) < 4.78 is 10.1. The van der Waals surface area contributed by atoms with E-state index in [0.717, 1.165) is 11.1 Å². The summed E-state index contributed by atoms with van der Waals surface area (Å²) in [4.78, 5) is 39.6. The van der Waals surface area contributed by atoms with Crippen LogP contribution >= 0.6 is 0 Å². The summed E-state index contributed by atoms with van der Waals surface area (Å²) in [7, 11) is 1.27. The van der Waals surface area contributed by atoms with Gasteiger partial charge in [0.05, 0.1) is 24.2 Å². The van der Waals surface area contributed by atoms with E-state index in [1.54, 1.807) is 13.8 Å². The van der Waals surface area contributed by atoms with Crippen molar-refractivity contribution in [3.05, 3.63) is 68.0 Å². The normalized spacial score (nSPS) is 16.4. The lowest BCUT2D eigenvalue weighted by Crippen LogP contribution is -2.32. The first-order valence-electron chi connectivity index (χ1n) is 8.54. The first-order chi connectivity index (χ1) is 13.3. The molecule has 0 saturated carbocycles. The number of allylic oxidation sites excluding steroid dienone is 2. The van der Waals surface area contributed by atoms with Gasteiger partial charge in [0.25, 0.3) is 5.09 Å². The molecule has 2 rings (SSSR count). The maximum absolute atomic E-state index is 12.8. The van der Waals surface area contributed by atoms with Crippen molar-refractivity contribution in [3.8, 4) is 0 Å². The van der Waals surface area contributed by atoms with Gasteiger partial charge in [0.1, 0.15) is 13.2 Å². The lowest BCUT2D eigenvalue weighted by Gasteiger charge is -2.30. The van der Waals surface area contributed by atoms with Crippen molar-refractivity contribution in [1.82, 2.24) is 5.32 Å². The molecule has 1 aliphatic heterocycles. The van der Waals surface area contributed by atoms with Crippen molar-refractivity contribution in [2.45, 2.75) is 26.7 Å². The first kappa shape index (κ1) is 20.9. The van der Waals surface area contributed by atoms with Gasteiger partial charge in [0, 0.05) is 11.4 Å². The maximum Gasteiger partial charge on any atom is 0.336 e. The van der Waals surface area contributed by atoms with Crippen molar-refractivity contribution >= 4 is 11.9 Å². The summed E-state index contributed by atoms with van der Waals surface area (Å²) in [5.41, 5.74) is 3.32. The average Bonchev–Trinajstić information content (AvgIpc) is 2.63. The Hall–Kier alpha value is -3.36. The van der Waals surface area contributed by atoms with Crippen LogP contribution in [0.3, 0.4) is 0 Å². The Morgan fingerprint density at radius 3 is 2.32 bits per heavy atom. The second-order valence-electron chi connectivity index (χ2n) is 6.23. The number of carbonyl (C=O) groups is 2. The fourth-order valence-electron chi connectivity index (χ4n) is 3.15. The van der Waals surface area contributed by atoms with E-state index in [9.17, 15) is 19.7 Å². The Balaban J connectivity index is 2.42. The van der Waals surface area contributed by atoms with E-state index in [2.05, 4.69) is 10.2 Å². The summed E-state index contributed by atoms with van der Waals surface area (Å²) in [6, 6.07) is 7.43. The smallest absolute Gasteiger partial charge is 0.336 e. The molecule has 1 heterocycles. The molecule has 0 radical (unpaired) electrons. The minimum Gasteiger partial charge on any atom is -0.466 e. The van der Waals surface area contributed by atoms with Gasteiger partial charge in [-0.3, -0.25) is 0 Å². The van der Waals surface area contributed by atoms with Gasteiger partial charge < -0.3 is 19.6 Å². The van der Waals surface area contributed by atoms with Gasteiger partial charge in [-0.15, -0.1) is 10.1 Å². The number of methoxy groups -OCH3 is 1. The van der Waals surface area contributed by atoms with Gasteiger partial charge >= 0.3 is 11.9 Å². The first-order valence-corrected chi connectivity index (χ1v) is 8.54. The predicted molar refractivity (Wildman–Crippen MR) is 98.4 cm³/mol. The Kier molecular flexibility index (Phi) is 6.75. The number of esters is 2. The molecule has 0 saturated heterocycles. The van der Waals surface area contributed by atoms with Gasteiger partial charge in [-0.25, -0.2) is 9.59 Å². The minimum absolute atomic E-state index is 0.234. The number of ether oxygens (including phenoxy) is 2. The van der Waals surface area contributed by atoms with E-state index < -0.39 is 22.9 Å². The number of aryl methyl sites for hydroxylation is 1. The van der Waals surface area contributed by atoms with Gasteiger partial charge in [0.15, 0.2) is 0 Å². The van der Waals surface area contributed by atoms with Crippen molar-refractivity contribution in [1.29, 1.82) is 0 Å². The summed E-state index contributed by atoms with van der Waals surface area (Å²) in [5.74, 6) is -1.96. The van der Waals surface area contributed by atoms with E-state index in [-0.39, 0.29) is 18.8 Å². The molecule has 28 heavy (non-hydrogen) atoms. The van der Waals surface area contributed by atoms with Crippen LogP contribution in [0.4, 0.5) is 0 Å². The Morgan fingerprint density at radius 1 is 1.11 bits per heavy atom. The molecule has 150 valence electrons. The third-order valence-corrected chi connectivity index (χ3v) is 4.27. The highest BCUT2D eigenvalue weighted by Crippen LogP contribution is 2.39. The van der Waals surface area contributed by atoms with Crippen LogP contribution in [0, 0.1) is 17.0 Å². The summed E-state index contributed by atoms with van der Waals surface area (Å²) in [6.45, 7) is 4.65. The van der Waals surface area contributed by atoms with Crippen LogP contribution in [0.2, 0.25) is 0 Å². The highest BCUT2D eigenvalue weighted by molar-refractivity contribution is 5.99.